The highest BCUT2D eigenvalue weighted by molar-refractivity contribution is 9.10. The molecule has 1 atom stereocenters. The maximum Gasteiger partial charge on any atom is 0.243 e. The smallest absolute Gasteiger partial charge is 0.243 e. The van der Waals surface area contributed by atoms with Crippen molar-refractivity contribution in [1.29, 1.82) is 0 Å². The second kappa shape index (κ2) is 12.7. The lowest BCUT2D eigenvalue weighted by molar-refractivity contribution is -0.140. The lowest BCUT2D eigenvalue weighted by Gasteiger charge is -2.32. The lowest BCUT2D eigenvalue weighted by Crippen LogP contribution is -2.51. The molecule has 0 saturated heterocycles. The number of halogens is 2. The van der Waals surface area contributed by atoms with Crippen LogP contribution >= 0.6 is 27.5 Å². The molecule has 0 bridgehead atoms. The molecular weight excluding hydrogens is 512 g/mol. The van der Waals surface area contributed by atoms with E-state index in [0.717, 1.165) is 21.2 Å². The first-order chi connectivity index (χ1) is 16.3. The zero-order valence-corrected chi connectivity index (χ0v) is 21.9. The largest absolute Gasteiger partial charge is 0.354 e. The zero-order valence-electron chi connectivity index (χ0n) is 19.5. The predicted molar refractivity (Wildman–Crippen MR) is 142 cm³/mol. The first-order valence-electron chi connectivity index (χ1n) is 11.4. The van der Waals surface area contributed by atoms with Gasteiger partial charge in [0.05, 0.1) is 6.42 Å². The summed E-state index contributed by atoms with van der Waals surface area (Å²) >= 11 is 9.49. The Hall–Kier alpha value is -2.63. The molecule has 0 saturated carbocycles. The summed E-state index contributed by atoms with van der Waals surface area (Å²) in [4.78, 5) is 28.8. The summed E-state index contributed by atoms with van der Waals surface area (Å²) in [6, 6.07) is 24.3. The minimum Gasteiger partial charge on any atom is -0.354 e. The highest BCUT2D eigenvalue weighted by atomic mass is 79.9. The van der Waals surface area contributed by atoms with Crippen molar-refractivity contribution in [2.24, 2.45) is 5.92 Å². The van der Waals surface area contributed by atoms with Gasteiger partial charge in [0.2, 0.25) is 11.8 Å². The van der Waals surface area contributed by atoms with E-state index >= 15 is 0 Å². The molecule has 0 aliphatic rings. The van der Waals surface area contributed by atoms with Crippen LogP contribution in [0.5, 0.6) is 0 Å². The Morgan fingerprint density at radius 3 is 2.12 bits per heavy atom. The van der Waals surface area contributed by atoms with E-state index in [9.17, 15) is 9.59 Å². The number of carbonyl (C=O) groups excluding carboxylic acids is 2. The number of benzene rings is 3. The van der Waals surface area contributed by atoms with Gasteiger partial charge in [-0.25, -0.2) is 0 Å². The molecule has 34 heavy (non-hydrogen) atoms. The summed E-state index contributed by atoms with van der Waals surface area (Å²) in [6.45, 7) is 5.00. The number of nitrogens with zero attached hydrogens (tertiary/aromatic N) is 1. The minimum absolute atomic E-state index is 0.106. The Labute approximate surface area is 215 Å². The van der Waals surface area contributed by atoms with Crippen molar-refractivity contribution in [1.82, 2.24) is 10.2 Å². The highest BCUT2D eigenvalue weighted by Crippen LogP contribution is 2.19. The van der Waals surface area contributed by atoms with E-state index in [4.69, 9.17) is 11.6 Å². The van der Waals surface area contributed by atoms with Gasteiger partial charge >= 0.3 is 0 Å². The molecular formula is C28H30BrClN2O2. The average Bonchev–Trinajstić information content (AvgIpc) is 2.83. The normalized spacial score (nSPS) is 11.8. The highest BCUT2D eigenvalue weighted by Gasteiger charge is 2.30. The fourth-order valence-corrected chi connectivity index (χ4v) is 4.03. The van der Waals surface area contributed by atoms with Crippen molar-refractivity contribution in [3.05, 3.63) is 105 Å². The Morgan fingerprint density at radius 2 is 1.50 bits per heavy atom. The molecule has 1 N–H and O–H groups in total. The second-order valence-electron chi connectivity index (χ2n) is 8.80. The predicted octanol–water partition coefficient (Wildman–Crippen LogP) is 6.06. The van der Waals surface area contributed by atoms with Gasteiger partial charge in [-0.1, -0.05) is 96.0 Å². The van der Waals surface area contributed by atoms with Crippen LogP contribution < -0.4 is 5.32 Å². The van der Waals surface area contributed by atoms with Crippen LogP contribution in [0, 0.1) is 5.92 Å². The third-order valence-corrected chi connectivity index (χ3v) is 6.27. The van der Waals surface area contributed by atoms with Crippen molar-refractivity contribution in [2.75, 3.05) is 6.54 Å². The molecule has 178 valence electrons. The van der Waals surface area contributed by atoms with Crippen LogP contribution in [0.1, 0.15) is 30.5 Å². The van der Waals surface area contributed by atoms with Gasteiger partial charge in [0.15, 0.2) is 0 Å². The molecule has 0 aromatic heterocycles. The van der Waals surface area contributed by atoms with Gasteiger partial charge in [0.25, 0.3) is 0 Å². The van der Waals surface area contributed by atoms with E-state index in [1.165, 1.54) is 0 Å². The number of amides is 2. The molecule has 2 amide bonds. The number of nitrogens with one attached hydrogen (secondary N) is 1. The van der Waals surface area contributed by atoms with Crippen LogP contribution in [0.25, 0.3) is 0 Å². The van der Waals surface area contributed by atoms with E-state index in [0.29, 0.717) is 30.5 Å². The summed E-state index contributed by atoms with van der Waals surface area (Å²) in [5, 5.41) is 3.67. The number of rotatable bonds is 10. The molecule has 3 aromatic carbocycles. The van der Waals surface area contributed by atoms with Crippen molar-refractivity contribution in [2.45, 2.75) is 39.3 Å². The van der Waals surface area contributed by atoms with Gasteiger partial charge < -0.3 is 10.2 Å². The van der Waals surface area contributed by atoms with Crippen LogP contribution in [-0.2, 0) is 29.0 Å². The maximum atomic E-state index is 13.6. The third-order valence-electron chi connectivity index (χ3n) is 5.49. The number of hydrogen-bond donors (Lipinski definition) is 1. The molecule has 4 nitrogen and oxygen atoms in total. The Morgan fingerprint density at radius 1 is 0.882 bits per heavy atom. The van der Waals surface area contributed by atoms with E-state index in [1.54, 1.807) is 17.0 Å². The zero-order chi connectivity index (χ0) is 24.5. The molecule has 0 radical (unpaired) electrons. The molecule has 0 aliphatic heterocycles. The van der Waals surface area contributed by atoms with Gasteiger partial charge in [0, 0.05) is 29.0 Å². The maximum absolute atomic E-state index is 13.6. The van der Waals surface area contributed by atoms with Gasteiger partial charge in [-0.3, -0.25) is 9.59 Å². The molecule has 0 fully saturated rings. The molecule has 0 heterocycles. The fourth-order valence-electron chi connectivity index (χ4n) is 3.64. The minimum atomic E-state index is -0.635. The molecule has 0 unspecified atom stereocenters. The van der Waals surface area contributed by atoms with Crippen molar-refractivity contribution < 1.29 is 9.59 Å². The molecule has 0 spiro atoms. The Bertz CT molecular complexity index is 1070. The van der Waals surface area contributed by atoms with Crippen LogP contribution in [0.2, 0.25) is 5.02 Å². The van der Waals surface area contributed by atoms with Gasteiger partial charge in [0.1, 0.15) is 6.04 Å². The van der Waals surface area contributed by atoms with Gasteiger partial charge in [-0.05, 0) is 46.9 Å². The summed E-state index contributed by atoms with van der Waals surface area (Å²) in [5.74, 6) is 0.0657. The Kier molecular flexibility index (Phi) is 9.73. The second-order valence-corrected chi connectivity index (χ2v) is 10.1. The molecule has 6 heteroatoms. The number of hydrogen-bond acceptors (Lipinski definition) is 2. The van der Waals surface area contributed by atoms with Crippen molar-refractivity contribution >= 4 is 39.3 Å². The standard InChI is InChI=1S/C28H30BrClN2O2/c1-20(2)18-31-28(34)26(16-21-6-4-3-5-7-21)32(19-23-8-12-24(29)13-9-23)27(33)17-22-10-14-25(30)15-11-22/h3-15,20,26H,16-19H2,1-2H3,(H,31,34)/t26-/m1/s1. The summed E-state index contributed by atoms with van der Waals surface area (Å²) in [6.07, 6.45) is 0.629. The van der Waals surface area contributed by atoms with Crippen LogP contribution in [-0.4, -0.2) is 29.3 Å². The van der Waals surface area contributed by atoms with Gasteiger partial charge in [-0.2, -0.15) is 0 Å². The van der Waals surface area contributed by atoms with E-state index in [2.05, 4.69) is 35.1 Å². The molecule has 3 rings (SSSR count). The van der Waals surface area contributed by atoms with Gasteiger partial charge in [-0.15, -0.1) is 0 Å². The van der Waals surface area contributed by atoms with Crippen LogP contribution in [0.15, 0.2) is 83.3 Å². The topological polar surface area (TPSA) is 49.4 Å². The first-order valence-corrected chi connectivity index (χ1v) is 12.6. The Balaban J connectivity index is 1.93. The van der Waals surface area contributed by atoms with Crippen LogP contribution in [0.3, 0.4) is 0 Å². The van der Waals surface area contributed by atoms with Crippen molar-refractivity contribution in [3.63, 3.8) is 0 Å². The number of carbonyl (C=O) groups is 2. The quantitative estimate of drug-likeness (QED) is 0.339. The lowest BCUT2D eigenvalue weighted by atomic mass is 10.0. The van der Waals surface area contributed by atoms with E-state index in [-0.39, 0.29) is 18.2 Å². The fraction of sp³-hybridized carbons (Fsp3) is 0.286. The molecule has 3 aromatic rings. The molecule has 0 aliphatic carbocycles. The van der Waals surface area contributed by atoms with Crippen molar-refractivity contribution in [3.8, 4) is 0 Å². The monoisotopic (exact) mass is 540 g/mol. The summed E-state index contributed by atoms with van der Waals surface area (Å²) in [5.41, 5.74) is 2.82. The summed E-state index contributed by atoms with van der Waals surface area (Å²) < 4.78 is 0.964. The average molecular weight is 542 g/mol. The van der Waals surface area contributed by atoms with E-state index in [1.807, 2.05) is 66.7 Å². The van der Waals surface area contributed by atoms with E-state index < -0.39 is 6.04 Å². The third kappa shape index (κ3) is 8.00. The summed E-state index contributed by atoms with van der Waals surface area (Å²) in [7, 11) is 0. The SMILES string of the molecule is CC(C)CNC(=O)[C@@H](Cc1ccccc1)N(Cc1ccc(Br)cc1)C(=O)Cc1ccc(Cl)cc1. The first kappa shape index (κ1) is 26.0. The van der Waals surface area contributed by atoms with Crippen LogP contribution in [0.4, 0.5) is 0 Å².